The predicted molar refractivity (Wildman–Crippen MR) is 195 cm³/mol. The SMILES string of the molecule is N#Cc1cc(-c2ccc(C#N)c(-n3c4ccccc4c4ccccc43)c2)cc(-c2ccccc2-n2c3ccccc3c3ccccc32)c1. The van der Waals surface area contributed by atoms with E-state index < -0.39 is 0 Å². The minimum absolute atomic E-state index is 0.572. The summed E-state index contributed by atoms with van der Waals surface area (Å²) in [6.45, 7) is 0. The molecule has 7 aromatic carbocycles. The molecular formula is C44H26N4. The van der Waals surface area contributed by atoms with E-state index in [0.29, 0.717) is 11.1 Å². The van der Waals surface area contributed by atoms with Crippen molar-refractivity contribution in [2.45, 2.75) is 0 Å². The van der Waals surface area contributed by atoms with Gasteiger partial charge in [-0.25, -0.2) is 0 Å². The molecule has 0 saturated heterocycles. The Morgan fingerprint density at radius 1 is 0.375 bits per heavy atom. The molecule has 0 aliphatic carbocycles. The van der Waals surface area contributed by atoms with Crippen LogP contribution in [0.25, 0.3) is 77.2 Å². The van der Waals surface area contributed by atoms with Gasteiger partial charge >= 0.3 is 0 Å². The van der Waals surface area contributed by atoms with Gasteiger partial charge in [0.15, 0.2) is 0 Å². The quantitative estimate of drug-likeness (QED) is 0.199. The zero-order valence-corrected chi connectivity index (χ0v) is 25.8. The Morgan fingerprint density at radius 2 is 0.854 bits per heavy atom. The number of benzene rings is 7. The summed E-state index contributed by atoms with van der Waals surface area (Å²) in [6, 6.07) is 58.8. The van der Waals surface area contributed by atoms with Crippen LogP contribution in [0, 0.1) is 22.7 Å². The van der Waals surface area contributed by atoms with Crippen molar-refractivity contribution in [3.8, 4) is 45.8 Å². The zero-order valence-electron chi connectivity index (χ0n) is 25.8. The second-order valence-electron chi connectivity index (χ2n) is 12.0. The Kier molecular flexibility index (Phi) is 6.22. The summed E-state index contributed by atoms with van der Waals surface area (Å²) in [7, 11) is 0. The van der Waals surface area contributed by atoms with Crippen LogP contribution in [0.5, 0.6) is 0 Å². The third-order valence-electron chi connectivity index (χ3n) is 9.37. The van der Waals surface area contributed by atoms with Crippen molar-refractivity contribution in [3.05, 3.63) is 169 Å². The number of para-hydroxylation sites is 5. The number of fused-ring (bicyclic) bond motifs is 6. The van der Waals surface area contributed by atoms with Crippen LogP contribution < -0.4 is 0 Å². The van der Waals surface area contributed by atoms with Crippen molar-refractivity contribution in [1.29, 1.82) is 10.5 Å². The van der Waals surface area contributed by atoms with Crippen molar-refractivity contribution in [2.24, 2.45) is 0 Å². The third-order valence-corrected chi connectivity index (χ3v) is 9.37. The molecule has 9 aromatic rings. The lowest BCUT2D eigenvalue weighted by atomic mass is 9.94. The van der Waals surface area contributed by atoms with E-state index in [9.17, 15) is 10.5 Å². The second kappa shape index (κ2) is 10.9. The van der Waals surface area contributed by atoms with Crippen molar-refractivity contribution in [3.63, 3.8) is 0 Å². The normalized spacial score (nSPS) is 11.3. The van der Waals surface area contributed by atoms with E-state index in [0.717, 1.165) is 66.5 Å². The van der Waals surface area contributed by atoms with Crippen molar-refractivity contribution < 1.29 is 0 Å². The van der Waals surface area contributed by atoms with E-state index in [1.807, 2.05) is 54.6 Å². The van der Waals surface area contributed by atoms with Gasteiger partial charge < -0.3 is 9.13 Å². The monoisotopic (exact) mass is 610 g/mol. The molecule has 48 heavy (non-hydrogen) atoms. The number of nitriles is 2. The highest BCUT2D eigenvalue weighted by atomic mass is 15.0. The predicted octanol–water partition coefficient (Wildman–Crippen LogP) is 11.0. The van der Waals surface area contributed by atoms with Crippen molar-refractivity contribution >= 4 is 43.6 Å². The van der Waals surface area contributed by atoms with Crippen molar-refractivity contribution in [1.82, 2.24) is 9.13 Å². The molecule has 9 rings (SSSR count). The lowest BCUT2D eigenvalue weighted by Crippen LogP contribution is -1.99. The first-order valence-corrected chi connectivity index (χ1v) is 15.9. The highest BCUT2D eigenvalue weighted by Crippen LogP contribution is 2.39. The number of hydrogen-bond acceptors (Lipinski definition) is 2. The molecule has 0 radical (unpaired) electrons. The van der Waals surface area contributed by atoms with E-state index in [4.69, 9.17) is 0 Å². The molecule has 0 atom stereocenters. The summed E-state index contributed by atoms with van der Waals surface area (Å²) < 4.78 is 4.50. The Labute approximate surface area is 277 Å². The van der Waals surface area contributed by atoms with Gasteiger partial charge in [-0.1, -0.05) is 97.1 Å². The van der Waals surface area contributed by atoms with E-state index in [1.165, 1.54) is 10.8 Å². The highest BCUT2D eigenvalue weighted by Gasteiger charge is 2.18. The summed E-state index contributed by atoms with van der Waals surface area (Å²) >= 11 is 0. The molecular weight excluding hydrogens is 585 g/mol. The molecule has 0 saturated carbocycles. The number of hydrogen-bond donors (Lipinski definition) is 0. The van der Waals surface area contributed by atoms with Gasteiger partial charge in [0, 0.05) is 27.1 Å². The molecule has 0 amide bonds. The van der Waals surface area contributed by atoms with E-state index in [2.05, 4.69) is 124 Å². The molecule has 2 aromatic heterocycles. The molecule has 222 valence electrons. The molecule has 0 bridgehead atoms. The van der Waals surface area contributed by atoms with Crippen LogP contribution in [-0.2, 0) is 0 Å². The number of rotatable bonds is 4. The first-order valence-electron chi connectivity index (χ1n) is 15.9. The molecule has 0 unspecified atom stereocenters. The molecule has 0 aliphatic heterocycles. The molecule has 0 fully saturated rings. The average molecular weight is 611 g/mol. The number of aromatic nitrogens is 2. The molecule has 4 heteroatoms. The fraction of sp³-hybridized carbons (Fsp3) is 0. The van der Waals surface area contributed by atoms with Crippen LogP contribution in [0.2, 0.25) is 0 Å². The van der Waals surface area contributed by atoms with Crippen molar-refractivity contribution in [2.75, 3.05) is 0 Å². The number of nitrogens with zero attached hydrogens (tertiary/aromatic N) is 4. The Balaban J connectivity index is 1.26. The first-order chi connectivity index (χ1) is 23.7. The summed E-state index contributed by atoms with van der Waals surface area (Å²) in [5, 5.41) is 25.2. The lowest BCUT2D eigenvalue weighted by Gasteiger charge is -2.16. The van der Waals surface area contributed by atoms with Gasteiger partial charge in [0.25, 0.3) is 0 Å². The summed E-state index contributed by atoms with van der Waals surface area (Å²) in [5.74, 6) is 0. The molecule has 0 spiro atoms. The highest BCUT2D eigenvalue weighted by molar-refractivity contribution is 6.10. The fourth-order valence-electron chi connectivity index (χ4n) is 7.28. The maximum absolute atomic E-state index is 10.3. The summed E-state index contributed by atoms with van der Waals surface area (Å²) in [4.78, 5) is 0. The van der Waals surface area contributed by atoms with Gasteiger partial charge in [-0.05, 0) is 77.4 Å². The van der Waals surface area contributed by atoms with Crippen LogP contribution >= 0.6 is 0 Å². The molecule has 0 aliphatic rings. The second-order valence-corrected chi connectivity index (χ2v) is 12.0. The van der Waals surface area contributed by atoms with Gasteiger partial charge in [0.1, 0.15) is 6.07 Å². The smallest absolute Gasteiger partial charge is 0.101 e. The van der Waals surface area contributed by atoms with Crippen LogP contribution in [0.15, 0.2) is 158 Å². The van der Waals surface area contributed by atoms with Gasteiger partial charge in [-0.3, -0.25) is 0 Å². The van der Waals surface area contributed by atoms with Gasteiger partial charge in [-0.15, -0.1) is 0 Å². The van der Waals surface area contributed by atoms with Crippen LogP contribution in [0.3, 0.4) is 0 Å². The zero-order chi connectivity index (χ0) is 32.2. The summed E-state index contributed by atoms with van der Waals surface area (Å²) in [6.07, 6.45) is 0. The van der Waals surface area contributed by atoms with Crippen LogP contribution in [0.1, 0.15) is 11.1 Å². The van der Waals surface area contributed by atoms with Crippen LogP contribution in [0.4, 0.5) is 0 Å². The first kappa shape index (κ1) is 27.4. The molecule has 0 N–H and O–H groups in total. The standard InChI is InChI=1S/C44H26N4/c45-27-29-23-32(30-21-22-31(28-46)44(26-30)48-42-19-9-4-14-37(42)38-15-5-10-20-43(38)48)25-33(24-29)34-11-1-6-16-39(34)47-40-17-7-2-12-35(40)36-13-3-8-18-41(36)47/h1-26H. The van der Waals surface area contributed by atoms with E-state index >= 15 is 0 Å². The molecule has 2 heterocycles. The third kappa shape index (κ3) is 4.14. The average Bonchev–Trinajstić information content (AvgIpc) is 3.67. The van der Waals surface area contributed by atoms with E-state index in [-0.39, 0.29) is 0 Å². The van der Waals surface area contributed by atoms with Crippen LogP contribution in [-0.4, -0.2) is 9.13 Å². The summed E-state index contributed by atoms with van der Waals surface area (Å²) in [5.41, 5.74) is 11.2. The van der Waals surface area contributed by atoms with Gasteiger partial charge in [0.2, 0.25) is 0 Å². The maximum atomic E-state index is 10.3. The Hall–Kier alpha value is -6.88. The maximum Gasteiger partial charge on any atom is 0.101 e. The largest absolute Gasteiger partial charge is 0.309 e. The Bertz CT molecular complexity index is 2710. The molecule has 4 nitrogen and oxygen atoms in total. The van der Waals surface area contributed by atoms with E-state index in [1.54, 1.807) is 0 Å². The minimum atomic E-state index is 0.572. The minimum Gasteiger partial charge on any atom is -0.309 e. The van der Waals surface area contributed by atoms with Gasteiger partial charge in [-0.2, -0.15) is 10.5 Å². The Morgan fingerprint density at radius 3 is 1.40 bits per heavy atom. The lowest BCUT2D eigenvalue weighted by molar-refractivity contribution is 1.17. The fourth-order valence-corrected chi connectivity index (χ4v) is 7.28. The van der Waals surface area contributed by atoms with Gasteiger partial charge in [0.05, 0.1) is 50.6 Å². The topological polar surface area (TPSA) is 57.4 Å².